The predicted octanol–water partition coefficient (Wildman–Crippen LogP) is 1.57. The van der Waals surface area contributed by atoms with Crippen LogP contribution in [0.5, 0.6) is 0 Å². The Hall–Kier alpha value is 0.620. The standard InChI is InChI=1S/C6H14O2S2/c1-2-6(10)5-8-7-3-4-9/h6,9-10H,2-5H2,1H3. The summed E-state index contributed by atoms with van der Waals surface area (Å²) in [6.45, 7) is 3.14. The zero-order valence-corrected chi connectivity index (χ0v) is 7.91. The molecule has 0 aromatic carbocycles. The van der Waals surface area contributed by atoms with E-state index in [-0.39, 0.29) is 5.25 Å². The zero-order chi connectivity index (χ0) is 7.82. The number of thiol groups is 2. The lowest BCUT2D eigenvalue weighted by Gasteiger charge is -2.06. The molecular weight excluding hydrogens is 168 g/mol. The summed E-state index contributed by atoms with van der Waals surface area (Å²) in [4.78, 5) is 9.53. The molecule has 10 heavy (non-hydrogen) atoms. The molecule has 0 bridgehead atoms. The summed E-state index contributed by atoms with van der Waals surface area (Å²) >= 11 is 8.15. The van der Waals surface area contributed by atoms with Crippen molar-refractivity contribution < 1.29 is 9.78 Å². The molecule has 0 aromatic heterocycles. The highest BCUT2D eigenvalue weighted by Crippen LogP contribution is 2.00. The smallest absolute Gasteiger partial charge is 0.0938 e. The molecule has 0 aliphatic carbocycles. The van der Waals surface area contributed by atoms with E-state index in [0.29, 0.717) is 19.0 Å². The maximum Gasteiger partial charge on any atom is 0.0938 e. The van der Waals surface area contributed by atoms with Gasteiger partial charge in [0, 0.05) is 11.0 Å². The fourth-order valence-electron chi connectivity index (χ4n) is 0.341. The highest BCUT2D eigenvalue weighted by molar-refractivity contribution is 7.81. The molecule has 1 unspecified atom stereocenters. The first kappa shape index (κ1) is 10.6. The molecule has 0 N–H and O–H groups in total. The molecule has 1 atom stereocenters. The molecule has 0 aliphatic rings. The molecule has 4 heteroatoms. The average molecular weight is 182 g/mol. The van der Waals surface area contributed by atoms with Crippen molar-refractivity contribution in [3.63, 3.8) is 0 Å². The average Bonchev–Trinajstić information content (AvgIpc) is 1.98. The molecule has 0 radical (unpaired) electrons. The second-order valence-corrected chi connectivity index (χ2v) is 3.07. The topological polar surface area (TPSA) is 18.5 Å². The lowest BCUT2D eigenvalue weighted by atomic mass is 10.3. The van der Waals surface area contributed by atoms with Crippen molar-refractivity contribution in [3.05, 3.63) is 0 Å². The van der Waals surface area contributed by atoms with Gasteiger partial charge in [-0.2, -0.15) is 25.3 Å². The van der Waals surface area contributed by atoms with Crippen LogP contribution in [-0.4, -0.2) is 24.2 Å². The van der Waals surface area contributed by atoms with Crippen molar-refractivity contribution in [3.8, 4) is 0 Å². The van der Waals surface area contributed by atoms with Crippen molar-refractivity contribution in [1.29, 1.82) is 0 Å². The zero-order valence-electron chi connectivity index (χ0n) is 6.12. The van der Waals surface area contributed by atoms with Crippen LogP contribution in [0.25, 0.3) is 0 Å². The third-order valence-corrected chi connectivity index (χ3v) is 1.69. The molecule has 62 valence electrons. The number of hydrogen-bond acceptors (Lipinski definition) is 4. The Balaban J connectivity index is 2.89. The maximum atomic E-state index is 4.80. The van der Waals surface area contributed by atoms with Crippen molar-refractivity contribution in [1.82, 2.24) is 0 Å². The quantitative estimate of drug-likeness (QED) is 0.281. The second-order valence-electron chi connectivity index (χ2n) is 1.89. The normalized spacial score (nSPS) is 13.5. The van der Waals surface area contributed by atoms with E-state index in [1.807, 2.05) is 0 Å². The highest BCUT2D eigenvalue weighted by Gasteiger charge is 1.98. The van der Waals surface area contributed by atoms with Gasteiger partial charge in [0.15, 0.2) is 0 Å². The minimum atomic E-state index is 0.278. The van der Waals surface area contributed by atoms with E-state index in [9.17, 15) is 0 Å². The molecular formula is C6H14O2S2. The summed E-state index contributed by atoms with van der Waals surface area (Å²) in [5.74, 6) is 0.684. The van der Waals surface area contributed by atoms with E-state index in [1.54, 1.807) is 0 Å². The molecule has 0 aromatic rings. The van der Waals surface area contributed by atoms with E-state index >= 15 is 0 Å². The highest BCUT2D eigenvalue weighted by atomic mass is 32.1. The Morgan fingerprint density at radius 3 is 2.60 bits per heavy atom. The van der Waals surface area contributed by atoms with Crippen LogP contribution >= 0.6 is 25.3 Å². The van der Waals surface area contributed by atoms with Gasteiger partial charge in [0.05, 0.1) is 13.2 Å². The van der Waals surface area contributed by atoms with Gasteiger partial charge in [-0.1, -0.05) is 6.92 Å². The largest absolute Gasteiger partial charge is 0.236 e. The molecule has 0 saturated heterocycles. The van der Waals surface area contributed by atoms with E-state index in [1.165, 1.54) is 0 Å². The minimum Gasteiger partial charge on any atom is -0.236 e. The van der Waals surface area contributed by atoms with Crippen LogP contribution in [0.1, 0.15) is 13.3 Å². The van der Waals surface area contributed by atoms with E-state index in [2.05, 4.69) is 32.2 Å². The van der Waals surface area contributed by atoms with Crippen LogP contribution in [0.2, 0.25) is 0 Å². The molecule has 0 amide bonds. The Kier molecular flexibility index (Phi) is 8.20. The summed E-state index contributed by atoms with van der Waals surface area (Å²) in [6, 6.07) is 0. The van der Waals surface area contributed by atoms with Crippen LogP contribution in [0.3, 0.4) is 0 Å². The molecule has 0 heterocycles. The first-order valence-electron chi connectivity index (χ1n) is 3.34. The summed E-state index contributed by atoms with van der Waals surface area (Å²) in [7, 11) is 0. The SMILES string of the molecule is CCC(S)COOCCS. The number of hydrogen-bond donors (Lipinski definition) is 2. The number of rotatable bonds is 6. The van der Waals surface area contributed by atoms with Gasteiger partial charge in [0.2, 0.25) is 0 Å². The van der Waals surface area contributed by atoms with E-state index in [4.69, 9.17) is 9.78 Å². The molecule has 0 aliphatic heterocycles. The Labute approximate surface area is 73.0 Å². The fourth-order valence-corrected chi connectivity index (χ4v) is 0.476. The lowest BCUT2D eigenvalue weighted by molar-refractivity contribution is -0.289. The third-order valence-electron chi connectivity index (χ3n) is 0.990. The molecule has 2 nitrogen and oxygen atoms in total. The Bertz CT molecular complexity index is 70.8. The van der Waals surface area contributed by atoms with Crippen LogP contribution in [0.15, 0.2) is 0 Å². The van der Waals surface area contributed by atoms with Crippen LogP contribution in [0.4, 0.5) is 0 Å². The maximum absolute atomic E-state index is 4.80. The Morgan fingerprint density at radius 2 is 2.10 bits per heavy atom. The van der Waals surface area contributed by atoms with E-state index < -0.39 is 0 Å². The van der Waals surface area contributed by atoms with Gasteiger partial charge < -0.3 is 0 Å². The van der Waals surface area contributed by atoms with Gasteiger partial charge in [-0.15, -0.1) is 0 Å². The lowest BCUT2D eigenvalue weighted by Crippen LogP contribution is -2.09. The minimum absolute atomic E-state index is 0.278. The molecule has 0 fully saturated rings. The first-order chi connectivity index (χ1) is 4.81. The second kappa shape index (κ2) is 7.72. The van der Waals surface area contributed by atoms with Gasteiger partial charge in [0.25, 0.3) is 0 Å². The van der Waals surface area contributed by atoms with Gasteiger partial charge in [-0.05, 0) is 6.42 Å². The van der Waals surface area contributed by atoms with Gasteiger partial charge in [-0.3, -0.25) is 0 Å². The summed E-state index contributed by atoms with van der Waals surface area (Å²) in [5.41, 5.74) is 0. The van der Waals surface area contributed by atoms with Gasteiger partial charge in [0.1, 0.15) is 0 Å². The molecule has 0 saturated carbocycles. The summed E-state index contributed by atoms with van der Waals surface area (Å²) in [5, 5.41) is 0.278. The van der Waals surface area contributed by atoms with Crippen molar-refractivity contribution in [2.24, 2.45) is 0 Å². The van der Waals surface area contributed by atoms with Crippen LogP contribution < -0.4 is 0 Å². The van der Waals surface area contributed by atoms with Crippen molar-refractivity contribution >= 4 is 25.3 Å². The predicted molar refractivity (Wildman–Crippen MR) is 48.8 cm³/mol. The van der Waals surface area contributed by atoms with Crippen LogP contribution in [0, 0.1) is 0 Å². The summed E-state index contributed by atoms with van der Waals surface area (Å²) < 4.78 is 0. The van der Waals surface area contributed by atoms with Crippen molar-refractivity contribution in [2.75, 3.05) is 19.0 Å². The van der Waals surface area contributed by atoms with Gasteiger partial charge in [-0.25, -0.2) is 9.78 Å². The molecule has 0 spiro atoms. The van der Waals surface area contributed by atoms with Crippen molar-refractivity contribution in [2.45, 2.75) is 18.6 Å². The Morgan fingerprint density at radius 1 is 1.40 bits per heavy atom. The fraction of sp³-hybridized carbons (Fsp3) is 1.00. The monoisotopic (exact) mass is 182 g/mol. The third kappa shape index (κ3) is 6.74. The first-order valence-corrected chi connectivity index (χ1v) is 4.49. The van der Waals surface area contributed by atoms with E-state index in [0.717, 1.165) is 6.42 Å². The summed E-state index contributed by atoms with van der Waals surface area (Å²) in [6.07, 6.45) is 0.993. The van der Waals surface area contributed by atoms with Gasteiger partial charge >= 0.3 is 0 Å². The molecule has 0 rings (SSSR count). The van der Waals surface area contributed by atoms with Crippen LogP contribution in [-0.2, 0) is 9.78 Å².